The largest absolute Gasteiger partial charge is 0.399 e. The van der Waals surface area contributed by atoms with Gasteiger partial charge in [-0.25, -0.2) is 9.67 Å². The second-order valence-corrected chi connectivity index (χ2v) is 4.31. The average Bonchev–Trinajstić information content (AvgIpc) is 2.81. The Balaban J connectivity index is 2.34. The van der Waals surface area contributed by atoms with Crippen molar-refractivity contribution >= 4 is 16.6 Å². The summed E-state index contributed by atoms with van der Waals surface area (Å²) in [5.41, 5.74) is 8.70. The molecular weight excluding hydrogens is 238 g/mol. The first-order chi connectivity index (χ1) is 9.20. The number of anilines is 1. The van der Waals surface area contributed by atoms with Crippen LogP contribution in [0.2, 0.25) is 0 Å². The predicted molar refractivity (Wildman–Crippen MR) is 72.7 cm³/mol. The van der Waals surface area contributed by atoms with Crippen molar-refractivity contribution in [2.24, 2.45) is 0 Å². The number of nitriles is 1. The van der Waals surface area contributed by atoms with E-state index in [0.29, 0.717) is 17.1 Å². The third-order valence-electron chi connectivity index (χ3n) is 3.05. The minimum absolute atomic E-state index is 0.523. The third kappa shape index (κ3) is 1.70. The van der Waals surface area contributed by atoms with Gasteiger partial charge in [-0.1, -0.05) is 0 Å². The molecule has 0 saturated carbocycles. The summed E-state index contributed by atoms with van der Waals surface area (Å²) in [7, 11) is 0. The predicted octanol–water partition coefficient (Wildman–Crippen LogP) is 2.18. The van der Waals surface area contributed by atoms with Crippen molar-refractivity contribution in [3.8, 4) is 11.9 Å². The maximum atomic E-state index is 9.27. The van der Waals surface area contributed by atoms with Gasteiger partial charge in [-0.05, 0) is 36.8 Å². The Morgan fingerprint density at radius 1 is 1.32 bits per heavy atom. The molecule has 0 radical (unpaired) electrons. The first-order valence-corrected chi connectivity index (χ1v) is 5.80. The zero-order valence-corrected chi connectivity index (χ0v) is 10.3. The number of nitrogen functional groups attached to an aromatic ring is 1. The molecule has 0 aliphatic rings. The van der Waals surface area contributed by atoms with Gasteiger partial charge in [-0.15, -0.1) is 0 Å². The number of hydrogen-bond donors (Lipinski definition) is 1. The van der Waals surface area contributed by atoms with E-state index in [0.717, 1.165) is 16.5 Å². The van der Waals surface area contributed by atoms with E-state index in [1.807, 2.05) is 31.2 Å². The zero-order valence-electron chi connectivity index (χ0n) is 10.3. The number of fused-ring (bicyclic) bond motifs is 1. The highest BCUT2D eigenvalue weighted by Crippen LogP contribution is 2.22. The van der Waals surface area contributed by atoms with E-state index < -0.39 is 0 Å². The molecule has 5 heteroatoms. The van der Waals surface area contributed by atoms with Crippen LogP contribution in [0.5, 0.6) is 0 Å². The quantitative estimate of drug-likeness (QED) is 0.670. The van der Waals surface area contributed by atoms with Crippen LogP contribution in [0, 0.1) is 18.3 Å². The topological polar surface area (TPSA) is 80.5 Å². The Morgan fingerprint density at radius 2 is 2.16 bits per heavy atom. The number of aryl methyl sites for hydroxylation is 1. The lowest BCUT2D eigenvalue weighted by molar-refractivity contribution is 0.868. The molecule has 0 bridgehead atoms. The first-order valence-electron chi connectivity index (χ1n) is 5.80. The summed E-state index contributed by atoms with van der Waals surface area (Å²) >= 11 is 0. The van der Waals surface area contributed by atoms with Crippen molar-refractivity contribution in [1.29, 1.82) is 5.26 Å². The van der Waals surface area contributed by atoms with Crippen LogP contribution in [-0.2, 0) is 0 Å². The van der Waals surface area contributed by atoms with E-state index in [9.17, 15) is 5.26 Å². The monoisotopic (exact) mass is 249 g/mol. The van der Waals surface area contributed by atoms with Gasteiger partial charge in [-0.3, -0.25) is 0 Å². The molecule has 0 aliphatic heterocycles. The molecule has 5 nitrogen and oxygen atoms in total. The standard InChI is InChI=1S/C14H11N5/c1-9-4-5-17-14(12(9)7-15)19-13-6-11(16)3-2-10(13)8-18-19/h2-6,8H,16H2,1H3. The van der Waals surface area contributed by atoms with Crippen molar-refractivity contribution in [2.45, 2.75) is 6.92 Å². The van der Waals surface area contributed by atoms with Crippen molar-refractivity contribution in [3.05, 3.63) is 47.8 Å². The summed E-state index contributed by atoms with van der Waals surface area (Å²) in [5, 5.41) is 14.5. The van der Waals surface area contributed by atoms with Crippen LogP contribution in [0.25, 0.3) is 16.7 Å². The van der Waals surface area contributed by atoms with Crippen molar-refractivity contribution < 1.29 is 0 Å². The normalized spacial score (nSPS) is 10.5. The lowest BCUT2D eigenvalue weighted by Crippen LogP contribution is -2.04. The Labute approximate surface area is 109 Å². The first kappa shape index (κ1) is 11.2. The van der Waals surface area contributed by atoms with Crippen molar-refractivity contribution in [3.63, 3.8) is 0 Å². The summed E-state index contributed by atoms with van der Waals surface area (Å²) in [6.45, 7) is 1.88. The average molecular weight is 249 g/mol. The Bertz CT molecular complexity index is 810. The van der Waals surface area contributed by atoms with Gasteiger partial charge in [0.25, 0.3) is 0 Å². The van der Waals surface area contributed by atoms with Crippen LogP contribution in [-0.4, -0.2) is 14.8 Å². The minimum Gasteiger partial charge on any atom is -0.399 e. The van der Waals surface area contributed by atoms with Gasteiger partial charge in [0, 0.05) is 17.3 Å². The van der Waals surface area contributed by atoms with E-state index in [2.05, 4.69) is 16.2 Å². The molecule has 0 unspecified atom stereocenters. The van der Waals surface area contributed by atoms with Gasteiger partial charge in [-0.2, -0.15) is 10.4 Å². The van der Waals surface area contributed by atoms with E-state index in [1.165, 1.54) is 0 Å². The lowest BCUT2D eigenvalue weighted by Gasteiger charge is -2.06. The molecule has 2 N–H and O–H groups in total. The number of rotatable bonds is 1. The van der Waals surface area contributed by atoms with E-state index >= 15 is 0 Å². The number of nitrogens with two attached hydrogens (primary N) is 1. The highest BCUT2D eigenvalue weighted by Gasteiger charge is 2.12. The molecule has 0 spiro atoms. The smallest absolute Gasteiger partial charge is 0.172 e. The Hall–Kier alpha value is -2.87. The van der Waals surface area contributed by atoms with Crippen LogP contribution >= 0.6 is 0 Å². The summed E-state index contributed by atoms with van der Waals surface area (Å²) < 4.78 is 1.65. The minimum atomic E-state index is 0.523. The fraction of sp³-hybridized carbons (Fsp3) is 0.0714. The van der Waals surface area contributed by atoms with Gasteiger partial charge in [0.1, 0.15) is 6.07 Å². The molecule has 0 saturated heterocycles. The lowest BCUT2D eigenvalue weighted by atomic mass is 10.1. The SMILES string of the molecule is Cc1ccnc(-n2ncc3ccc(N)cc32)c1C#N. The van der Waals surface area contributed by atoms with Gasteiger partial charge >= 0.3 is 0 Å². The molecule has 3 rings (SSSR count). The zero-order chi connectivity index (χ0) is 13.4. The van der Waals surface area contributed by atoms with Crippen molar-refractivity contribution in [1.82, 2.24) is 14.8 Å². The molecule has 3 aromatic rings. The number of aromatic nitrogens is 3. The van der Waals surface area contributed by atoms with Gasteiger partial charge in [0.05, 0.1) is 17.3 Å². The van der Waals surface area contributed by atoms with Crippen LogP contribution in [0.15, 0.2) is 36.7 Å². The van der Waals surface area contributed by atoms with Crippen LogP contribution in [0.3, 0.4) is 0 Å². The van der Waals surface area contributed by atoms with Crippen LogP contribution in [0.4, 0.5) is 5.69 Å². The molecule has 1 aromatic carbocycles. The third-order valence-corrected chi connectivity index (χ3v) is 3.05. The Morgan fingerprint density at radius 3 is 2.95 bits per heavy atom. The number of nitrogens with zero attached hydrogens (tertiary/aromatic N) is 4. The fourth-order valence-electron chi connectivity index (χ4n) is 2.05. The molecule has 2 aromatic heterocycles. The summed E-state index contributed by atoms with van der Waals surface area (Å²) in [6, 6.07) is 9.53. The fourth-order valence-corrected chi connectivity index (χ4v) is 2.05. The Kier molecular flexibility index (Phi) is 2.43. The second kappa shape index (κ2) is 4.10. The molecule has 0 aliphatic carbocycles. The van der Waals surface area contributed by atoms with Gasteiger partial charge < -0.3 is 5.73 Å². The number of benzene rings is 1. The summed E-state index contributed by atoms with van der Waals surface area (Å²) in [5.74, 6) is 0.531. The number of pyridine rings is 1. The van der Waals surface area contributed by atoms with E-state index in [4.69, 9.17) is 5.73 Å². The second-order valence-electron chi connectivity index (χ2n) is 4.31. The van der Waals surface area contributed by atoms with Gasteiger partial charge in [0.15, 0.2) is 5.82 Å². The highest BCUT2D eigenvalue weighted by molar-refractivity contribution is 5.83. The molecule has 2 heterocycles. The van der Waals surface area contributed by atoms with Gasteiger partial charge in [0.2, 0.25) is 0 Å². The maximum Gasteiger partial charge on any atom is 0.172 e. The van der Waals surface area contributed by atoms with Crippen LogP contribution < -0.4 is 5.73 Å². The summed E-state index contributed by atoms with van der Waals surface area (Å²) in [4.78, 5) is 4.27. The molecular formula is C14H11N5. The number of hydrogen-bond acceptors (Lipinski definition) is 4. The maximum absolute atomic E-state index is 9.27. The molecule has 0 amide bonds. The molecule has 0 atom stereocenters. The van der Waals surface area contributed by atoms with E-state index in [-0.39, 0.29) is 0 Å². The highest BCUT2D eigenvalue weighted by atomic mass is 15.3. The van der Waals surface area contributed by atoms with E-state index in [1.54, 1.807) is 17.1 Å². The molecule has 19 heavy (non-hydrogen) atoms. The molecule has 92 valence electrons. The summed E-state index contributed by atoms with van der Waals surface area (Å²) in [6.07, 6.45) is 3.41. The van der Waals surface area contributed by atoms with Crippen LogP contribution in [0.1, 0.15) is 11.1 Å². The van der Waals surface area contributed by atoms with Crippen molar-refractivity contribution in [2.75, 3.05) is 5.73 Å². The molecule has 0 fully saturated rings.